The van der Waals surface area contributed by atoms with E-state index in [9.17, 15) is 35.1 Å². The molecule has 18 heavy (non-hydrogen) atoms. The molecule has 0 radical (unpaired) electrons. The summed E-state index contributed by atoms with van der Waals surface area (Å²) in [5.74, 6) is -6.40. The van der Waals surface area contributed by atoms with Crippen LogP contribution in [-0.4, -0.2) is 28.3 Å². The maximum atomic E-state index is 13.6. The fraction of sp³-hybridized carbons (Fsp3) is 0.500. The Labute approximate surface area is 94.2 Å². The van der Waals surface area contributed by atoms with Crippen LogP contribution in [0.4, 0.5) is 35.1 Å². The zero-order valence-electron chi connectivity index (χ0n) is 8.20. The van der Waals surface area contributed by atoms with Crippen LogP contribution in [0, 0.1) is 0 Å². The lowest BCUT2D eigenvalue weighted by molar-refractivity contribution is -0.410. The van der Waals surface area contributed by atoms with Gasteiger partial charge in [0.2, 0.25) is 0 Å². The molecule has 104 valence electrons. The Kier molecular flexibility index (Phi) is 3.14. The van der Waals surface area contributed by atoms with Crippen LogP contribution in [0.2, 0.25) is 0 Å². The molecule has 0 fully saturated rings. The number of rotatable bonds is 3. The van der Waals surface area contributed by atoms with Gasteiger partial charge in [-0.1, -0.05) is 0 Å². The summed E-state index contributed by atoms with van der Waals surface area (Å²) < 4.78 is 101. The van der Waals surface area contributed by atoms with E-state index < -0.39 is 29.6 Å². The van der Waals surface area contributed by atoms with Gasteiger partial charge in [0.15, 0.2) is 0 Å². The van der Waals surface area contributed by atoms with E-state index in [0.29, 0.717) is 12.3 Å². The Bertz CT molecular complexity index is 406. The van der Waals surface area contributed by atoms with Crippen LogP contribution in [0.3, 0.4) is 0 Å². The van der Waals surface area contributed by atoms with E-state index >= 15 is 0 Å². The number of alkyl halides is 8. The molecule has 0 aliphatic rings. The molecular formula is C8H5F8NO. The highest BCUT2D eigenvalue weighted by Gasteiger charge is 2.81. The van der Waals surface area contributed by atoms with Crippen LogP contribution in [-0.2, 0) is 5.67 Å². The van der Waals surface area contributed by atoms with Gasteiger partial charge < -0.3 is 10.1 Å². The Morgan fingerprint density at radius 2 is 1.44 bits per heavy atom. The molecule has 0 bridgehead atoms. The molecule has 0 saturated carbocycles. The van der Waals surface area contributed by atoms with Gasteiger partial charge in [0, 0.05) is 6.20 Å². The van der Waals surface area contributed by atoms with Crippen LogP contribution in [0.25, 0.3) is 0 Å². The second-order valence-corrected chi connectivity index (χ2v) is 3.36. The summed E-state index contributed by atoms with van der Waals surface area (Å²) >= 11 is 0. The maximum absolute atomic E-state index is 13.6. The van der Waals surface area contributed by atoms with Crippen LogP contribution < -0.4 is 0 Å². The molecule has 1 heterocycles. The Morgan fingerprint density at radius 1 is 0.944 bits per heavy atom. The molecule has 0 saturated heterocycles. The van der Waals surface area contributed by atoms with Gasteiger partial charge in [0.05, 0.1) is 5.69 Å². The van der Waals surface area contributed by atoms with Crippen molar-refractivity contribution in [2.24, 2.45) is 0 Å². The number of hydrogen-bond donors (Lipinski definition) is 2. The molecule has 2 N–H and O–H groups in total. The predicted octanol–water partition coefficient (Wildman–Crippen LogP) is 2.96. The largest absolute Gasteiger partial charge is 0.434 e. The highest BCUT2D eigenvalue weighted by Crippen LogP contribution is 2.56. The average molecular weight is 283 g/mol. The van der Waals surface area contributed by atoms with Crippen molar-refractivity contribution in [3.63, 3.8) is 0 Å². The molecule has 0 aliphatic carbocycles. The van der Waals surface area contributed by atoms with Crippen molar-refractivity contribution >= 4 is 0 Å². The lowest BCUT2D eigenvalue weighted by atomic mass is 9.92. The Balaban J connectivity index is 3.51. The van der Waals surface area contributed by atoms with Crippen LogP contribution in [0.5, 0.6) is 0 Å². The van der Waals surface area contributed by atoms with E-state index in [1.807, 2.05) is 0 Å². The molecule has 0 aliphatic heterocycles. The summed E-state index contributed by atoms with van der Waals surface area (Å²) in [5.41, 5.74) is -7.59. The predicted molar refractivity (Wildman–Crippen MR) is 41.7 cm³/mol. The standard InChI is InChI=1S/C8H5F8NO/c9-5(7(12,13)14,4-2-1-3-17-4)6(10,11)8(15,16)18/h1-3,17-18H. The molecule has 1 rings (SSSR count). The number of halogens is 8. The first-order chi connectivity index (χ1) is 7.86. The smallest absolute Gasteiger partial charge is 0.362 e. The molecule has 1 aromatic heterocycles. The summed E-state index contributed by atoms with van der Waals surface area (Å²) in [6.45, 7) is 0. The van der Waals surface area contributed by atoms with Crippen molar-refractivity contribution in [1.29, 1.82) is 0 Å². The van der Waals surface area contributed by atoms with E-state index in [2.05, 4.69) is 0 Å². The van der Waals surface area contributed by atoms with E-state index in [4.69, 9.17) is 5.11 Å². The third-order valence-corrected chi connectivity index (χ3v) is 2.17. The zero-order chi connectivity index (χ0) is 14.4. The maximum Gasteiger partial charge on any atom is 0.434 e. The van der Waals surface area contributed by atoms with Gasteiger partial charge in [-0.3, -0.25) is 0 Å². The number of H-pyrrole nitrogens is 1. The second kappa shape index (κ2) is 3.84. The van der Waals surface area contributed by atoms with Crippen LogP contribution in [0.1, 0.15) is 5.69 Å². The first-order valence-electron chi connectivity index (χ1n) is 4.23. The molecule has 2 nitrogen and oxygen atoms in total. The fourth-order valence-corrected chi connectivity index (χ4v) is 1.25. The Hall–Kier alpha value is -1.32. The summed E-state index contributed by atoms with van der Waals surface area (Å²) in [7, 11) is 0. The molecule has 10 heteroatoms. The summed E-state index contributed by atoms with van der Waals surface area (Å²) in [4.78, 5) is 1.44. The molecule has 0 amide bonds. The van der Waals surface area contributed by atoms with Crippen LogP contribution >= 0.6 is 0 Å². The number of aromatic amines is 1. The third kappa shape index (κ3) is 1.84. The second-order valence-electron chi connectivity index (χ2n) is 3.36. The number of aromatic nitrogens is 1. The normalized spacial score (nSPS) is 17.6. The quantitative estimate of drug-likeness (QED) is 0.822. The van der Waals surface area contributed by atoms with Crippen molar-refractivity contribution in [1.82, 2.24) is 4.98 Å². The molecule has 0 aromatic carbocycles. The molecule has 1 unspecified atom stereocenters. The van der Waals surface area contributed by atoms with Crippen molar-refractivity contribution in [3.05, 3.63) is 24.0 Å². The first kappa shape index (κ1) is 14.7. The Morgan fingerprint density at radius 3 is 1.72 bits per heavy atom. The number of aliphatic hydroxyl groups is 1. The minimum atomic E-state index is -6.40. The van der Waals surface area contributed by atoms with Crippen molar-refractivity contribution in [2.45, 2.75) is 23.9 Å². The zero-order valence-corrected chi connectivity index (χ0v) is 8.20. The van der Waals surface area contributed by atoms with E-state index in [-0.39, 0.29) is 6.07 Å². The van der Waals surface area contributed by atoms with E-state index in [1.54, 1.807) is 0 Å². The third-order valence-electron chi connectivity index (χ3n) is 2.17. The monoisotopic (exact) mass is 283 g/mol. The van der Waals surface area contributed by atoms with Gasteiger partial charge in [-0.15, -0.1) is 0 Å². The first-order valence-corrected chi connectivity index (χ1v) is 4.23. The lowest BCUT2D eigenvalue weighted by Crippen LogP contribution is -2.61. The molecule has 1 atom stereocenters. The summed E-state index contributed by atoms with van der Waals surface area (Å²) in [6, 6.07) is 0.925. The number of nitrogens with one attached hydrogen (secondary N) is 1. The molecule has 0 spiro atoms. The van der Waals surface area contributed by atoms with Crippen LogP contribution in [0.15, 0.2) is 18.3 Å². The van der Waals surface area contributed by atoms with Gasteiger partial charge in [0.25, 0.3) is 0 Å². The highest BCUT2D eigenvalue weighted by atomic mass is 19.4. The summed E-state index contributed by atoms with van der Waals surface area (Å²) in [6.07, 6.45) is -11.9. The van der Waals surface area contributed by atoms with Gasteiger partial charge in [-0.05, 0) is 12.1 Å². The van der Waals surface area contributed by atoms with E-state index in [1.165, 1.54) is 4.98 Å². The topological polar surface area (TPSA) is 36.0 Å². The van der Waals surface area contributed by atoms with E-state index in [0.717, 1.165) is 0 Å². The SMILES string of the molecule is OC(F)(F)C(F)(F)C(F)(c1ccc[nH]1)C(F)(F)F. The lowest BCUT2D eigenvalue weighted by Gasteiger charge is -2.35. The van der Waals surface area contributed by atoms with Gasteiger partial charge in [0.1, 0.15) is 0 Å². The summed E-state index contributed by atoms with van der Waals surface area (Å²) in [5, 5.41) is 7.81. The van der Waals surface area contributed by atoms with Gasteiger partial charge in [-0.25, -0.2) is 4.39 Å². The number of hydrogen-bond acceptors (Lipinski definition) is 1. The highest BCUT2D eigenvalue weighted by molar-refractivity contribution is 5.22. The van der Waals surface area contributed by atoms with Crippen molar-refractivity contribution < 1.29 is 40.2 Å². The molecular weight excluding hydrogens is 278 g/mol. The minimum Gasteiger partial charge on any atom is -0.362 e. The van der Waals surface area contributed by atoms with Gasteiger partial charge in [-0.2, -0.15) is 30.7 Å². The van der Waals surface area contributed by atoms with Gasteiger partial charge >= 0.3 is 23.9 Å². The fourth-order valence-electron chi connectivity index (χ4n) is 1.25. The van der Waals surface area contributed by atoms with Crippen molar-refractivity contribution in [3.8, 4) is 0 Å². The molecule has 1 aromatic rings. The van der Waals surface area contributed by atoms with Crippen molar-refractivity contribution in [2.75, 3.05) is 0 Å². The average Bonchev–Trinajstić information content (AvgIpc) is 2.65. The minimum absolute atomic E-state index is 0.215.